The van der Waals surface area contributed by atoms with E-state index >= 15 is 0 Å². The summed E-state index contributed by atoms with van der Waals surface area (Å²) in [5.41, 5.74) is 0.0506. The minimum Gasteiger partial charge on any atom is -0.495 e. The van der Waals surface area contributed by atoms with Gasteiger partial charge in [-0.1, -0.05) is 17.7 Å². The molecular weight excluding hydrogens is 356 g/mol. The van der Waals surface area contributed by atoms with Gasteiger partial charge in [-0.2, -0.15) is 0 Å². The Morgan fingerprint density at radius 1 is 1.25 bits per heavy atom. The second-order valence-corrected chi connectivity index (χ2v) is 7.01. The number of hydrogen-bond donors (Lipinski definition) is 0. The minimum atomic E-state index is -3.97. The molecule has 9 heteroatoms. The number of hydrogen-bond acceptors (Lipinski definition) is 5. The number of sulfonamides is 1. The van der Waals surface area contributed by atoms with Crippen molar-refractivity contribution in [1.82, 2.24) is 0 Å². The number of ether oxygens (including phenoxy) is 1. The Hall–Kier alpha value is -2.32. The average molecular weight is 371 g/mol. The SMILES string of the molecule is CCN(c1ccc(OC)c(Cl)c1)S(=O)(=O)c1cccc([N+](=O)[O-])c1. The van der Waals surface area contributed by atoms with Gasteiger partial charge in [-0.25, -0.2) is 8.42 Å². The van der Waals surface area contributed by atoms with Gasteiger partial charge >= 0.3 is 0 Å². The van der Waals surface area contributed by atoms with Gasteiger partial charge in [0.1, 0.15) is 5.75 Å². The monoisotopic (exact) mass is 370 g/mol. The first-order chi connectivity index (χ1) is 11.3. The molecular formula is C15H15ClN2O5S. The van der Waals surface area contributed by atoms with Gasteiger partial charge in [-0.15, -0.1) is 0 Å². The summed E-state index contributed by atoms with van der Waals surface area (Å²) in [4.78, 5) is 10.1. The van der Waals surface area contributed by atoms with Gasteiger partial charge in [-0.3, -0.25) is 14.4 Å². The molecule has 2 rings (SSSR count). The summed E-state index contributed by atoms with van der Waals surface area (Å²) >= 11 is 6.06. The van der Waals surface area contributed by atoms with Crippen LogP contribution in [-0.2, 0) is 10.0 Å². The Bertz CT molecular complexity index is 870. The normalized spacial score (nSPS) is 11.1. The average Bonchev–Trinajstić information content (AvgIpc) is 2.55. The lowest BCUT2D eigenvalue weighted by Crippen LogP contribution is -2.30. The Labute approximate surface area is 144 Å². The van der Waals surface area contributed by atoms with Crippen molar-refractivity contribution in [1.29, 1.82) is 0 Å². The molecule has 0 bridgehead atoms. The number of nitrogens with zero attached hydrogens (tertiary/aromatic N) is 2. The summed E-state index contributed by atoms with van der Waals surface area (Å²) in [6.45, 7) is 1.79. The highest BCUT2D eigenvalue weighted by atomic mass is 35.5. The standard InChI is InChI=1S/C15H15ClN2O5S/c1-3-17(11-7-8-15(23-2)14(16)10-11)24(21,22)13-6-4-5-12(9-13)18(19)20/h4-10H,3H2,1-2H3. The molecule has 0 fully saturated rings. The molecule has 0 aromatic heterocycles. The lowest BCUT2D eigenvalue weighted by molar-refractivity contribution is -0.385. The second-order valence-electron chi connectivity index (χ2n) is 4.74. The fourth-order valence-electron chi connectivity index (χ4n) is 2.19. The summed E-state index contributed by atoms with van der Waals surface area (Å²) in [7, 11) is -2.51. The lowest BCUT2D eigenvalue weighted by Gasteiger charge is -2.23. The fraction of sp³-hybridized carbons (Fsp3) is 0.200. The van der Waals surface area contributed by atoms with Crippen molar-refractivity contribution in [2.45, 2.75) is 11.8 Å². The minimum absolute atomic E-state index is 0.133. The predicted molar refractivity (Wildman–Crippen MR) is 91.3 cm³/mol. The van der Waals surface area contributed by atoms with E-state index in [0.29, 0.717) is 11.4 Å². The molecule has 2 aromatic rings. The van der Waals surface area contributed by atoms with Crippen LogP contribution in [0.15, 0.2) is 47.4 Å². The Balaban J connectivity index is 2.51. The topological polar surface area (TPSA) is 89.8 Å². The first-order valence-corrected chi connectivity index (χ1v) is 8.73. The molecule has 0 aliphatic heterocycles. The van der Waals surface area contributed by atoms with Crippen LogP contribution in [0.3, 0.4) is 0 Å². The summed E-state index contributed by atoms with van der Waals surface area (Å²) < 4.78 is 31.8. The van der Waals surface area contributed by atoms with Crippen LogP contribution in [0.4, 0.5) is 11.4 Å². The van der Waals surface area contributed by atoms with Crippen molar-refractivity contribution < 1.29 is 18.1 Å². The first kappa shape index (κ1) is 18.0. The summed E-state index contributed by atoms with van der Waals surface area (Å²) in [5, 5.41) is 11.1. The number of methoxy groups -OCH3 is 1. The number of anilines is 1. The molecule has 0 saturated carbocycles. The number of benzene rings is 2. The zero-order chi connectivity index (χ0) is 17.9. The molecule has 0 saturated heterocycles. The maximum Gasteiger partial charge on any atom is 0.270 e. The van der Waals surface area contributed by atoms with Crippen LogP contribution < -0.4 is 9.04 Å². The molecule has 0 aliphatic carbocycles. The van der Waals surface area contributed by atoms with Gasteiger partial charge in [-0.05, 0) is 31.2 Å². The molecule has 0 atom stereocenters. The maximum absolute atomic E-state index is 12.8. The number of non-ortho nitro benzene ring substituents is 1. The highest BCUT2D eigenvalue weighted by molar-refractivity contribution is 7.92. The number of nitro benzene ring substituents is 1. The quantitative estimate of drug-likeness (QED) is 0.573. The molecule has 0 spiro atoms. The van der Waals surface area contributed by atoms with Crippen LogP contribution in [0.25, 0.3) is 0 Å². The van der Waals surface area contributed by atoms with E-state index in [1.807, 2.05) is 0 Å². The zero-order valence-corrected chi connectivity index (χ0v) is 14.5. The zero-order valence-electron chi connectivity index (χ0n) is 13.0. The van der Waals surface area contributed by atoms with Crippen LogP contribution in [-0.4, -0.2) is 27.0 Å². The molecule has 24 heavy (non-hydrogen) atoms. The van der Waals surface area contributed by atoms with Crippen LogP contribution in [0.1, 0.15) is 6.92 Å². The molecule has 7 nitrogen and oxygen atoms in total. The van der Waals surface area contributed by atoms with E-state index in [9.17, 15) is 18.5 Å². The third-order valence-corrected chi connectivity index (χ3v) is 5.52. The Morgan fingerprint density at radius 3 is 2.50 bits per heavy atom. The van der Waals surface area contributed by atoms with Crippen LogP contribution in [0, 0.1) is 10.1 Å². The van der Waals surface area contributed by atoms with Gasteiger partial charge in [0.2, 0.25) is 0 Å². The van der Waals surface area contributed by atoms with E-state index in [1.165, 1.54) is 31.4 Å². The van der Waals surface area contributed by atoms with E-state index in [4.69, 9.17) is 16.3 Å². The third-order valence-electron chi connectivity index (χ3n) is 3.33. The van der Waals surface area contributed by atoms with Gasteiger partial charge < -0.3 is 4.74 Å². The number of nitro groups is 1. The van der Waals surface area contributed by atoms with Crippen molar-refractivity contribution in [2.24, 2.45) is 0 Å². The van der Waals surface area contributed by atoms with E-state index in [0.717, 1.165) is 10.4 Å². The van der Waals surface area contributed by atoms with Gasteiger partial charge in [0, 0.05) is 18.7 Å². The van der Waals surface area contributed by atoms with E-state index in [2.05, 4.69) is 0 Å². The molecule has 0 unspecified atom stereocenters. The molecule has 128 valence electrons. The molecule has 0 N–H and O–H groups in total. The maximum atomic E-state index is 12.8. The highest BCUT2D eigenvalue weighted by Crippen LogP contribution is 2.32. The second kappa shape index (κ2) is 7.06. The molecule has 0 heterocycles. The number of halogens is 1. The van der Waals surface area contributed by atoms with Gasteiger partial charge in [0.05, 0.1) is 27.6 Å². The summed E-state index contributed by atoms with van der Waals surface area (Å²) in [6.07, 6.45) is 0. The van der Waals surface area contributed by atoms with Crippen molar-refractivity contribution in [3.05, 3.63) is 57.6 Å². The van der Waals surface area contributed by atoms with Crippen LogP contribution in [0.2, 0.25) is 5.02 Å². The van der Waals surface area contributed by atoms with Gasteiger partial charge in [0.25, 0.3) is 15.7 Å². The van der Waals surface area contributed by atoms with Crippen LogP contribution in [0.5, 0.6) is 5.75 Å². The molecule has 2 aromatic carbocycles. The summed E-state index contributed by atoms with van der Waals surface area (Å²) in [5.74, 6) is 0.421. The summed E-state index contributed by atoms with van der Waals surface area (Å²) in [6, 6.07) is 9.50. The van der Waals surface area contributed by atoms with Crippen molar-refractivity contribution in [3.8, 4) is 5.75 Å². The first-order valence-electron chi connectivity index (χ1n) is 6.92. The van der Waals surface area contributed by atoms with E-state index in [1.54, 1.807) is 19.1 Å². The van der Waals surface area contributed by atoms with E-state index < -0.39 is 14.9 Å². The Morgan fingerprint density at radius 2 is 1.96 bits per heavy atom. The van der Waals surface area contributed by atoms with Crippen molar-refractivity contribution in [3.63, 3.8) is 0 Å². The number of rotatable bonds is 6. The molecule has 0 amide bonds. The third kappa shape index (κ3) is 3.44. The van der Waals surface area contributed by atoms with Crippen molar-refractivity contribution >= 4 is 33.0 Å². The smallest absolute Gasteiger partial charge is 0.270 e. The molecule has 0 aliphatic rings. The Kier molecular flexibility index (Phi) is 5.30. The predicted octanol–water partition coefficient (Wildman–Crippen LogP) is 3.47. The van der Waals surface area contributed by atoms with Crippen LogP contribution >= 0.6 is 11.6 Å². The lowest BCUT2D eigenvalue weighted by atomic mass is 10.3. The molecule has 0 radical (unpaired) electrons. The highest BCUT2D eigenvalue weighted by Gasteiger charge is 2.25. The van der Waals surface area contributed by atoms with E-state index in [-0.39, 0.29) is 22.2 Å². The fourth-order valence-corrected chi connectivity index (χ4v) is 3.94. The van der Waals surface area contributed by atoms with Gasteiger partial charge in [0.15, 0.2) is 0 Å². The van der Waals surface area contributed by atoms with Crippen molar-refractivity contribution in [2.75, 3.05) is 18.0 Å². The largest absolute Gasteiger partial charge is 0.495 e.